The van der Waals surface area contributed by atoms with E-state index in [2.05, 4.69) is 9.97 Å². The molecule has 2 aromatic carbocycles. The molecule has 1 N–H and O–H groups in total. The van der Waals surface area contributed by atoms with Crippen molar-refractivity contribution in [2.45, 2.75) is 13.3 Å². The maximum atomic E-state index is 13.3. The van der Waals surface area contributed by atoms with Crippen LogP contribution >= 0.6 is 11.3 Å². The first kappa shape index (κ1) is 17.4. The summed E-state index contributed by atoms with van der Waals surface area (Å²) in [5.41, 5.74) is 2.39. The average molecular weight is 380 g/mol. The Morgan fingerprint density at radius 2 is 1.89 bits per heavy atom. The lowest BCUT2D eigenvalue weighted by atomic mass is 10.0. The van der Waals surface area contributed by atoms with Crippen molar-refractivity contribution >= 4 is 21.6 Å². The van der Waals surface area contributed by atoms with Crippen molar-refractivity contribution in [3.63, 3.8) is 0 Å². The molecule has 6 heteroatoms. The van der Waals surface area contributed by atoms with E-state index in [-0.39, 0.29) is 11.4 Å². The molecule has 0 saturated heterocycles. The summed E-state index contributed by atoms with van der Waals surface area (Å²) in [4.78, 5) is 22.0. The molecule has 2 heterocycles. The summed E-state index contributed by atoms with van der Waals surface area (Å²) in [6.45, 7) is 1.95. The number of aryl methyl sites for hydroxylation is 1. The Balaban J connectivity index is 1.82. The van der Waals surface area contributed by atoms with E-state index >= 15 is 0 Å². The molecule has 0 bridgehead atoms. The van der Waals surface area contributed by atoms with Gasteiger partial charge in [0.2, 0.25) is 0 Å². The lowest BCUT2D eigenvalue weighted by Gasteiger charge is -2.07. The number of halogens is 1. The maximum absolute atomic E-state index is 13.3. The van der Waals surface area contributed by atoms with E-state index in [9.17, 15) is 9.18 Å². The van der Waals surface area contributed by atoms with Crippen molar-refractivity contribution in [1.82, 2.24) is 9.97 Å². The van der Waals surface area contributed by atoms with Crippen molar-refractivity contribution in [1.29, 1.82) is 0 Å². The van der Waals surface area contributed by atoms with Gasteiger partial charge in [-0.3, -0.25) is 4.79 Å². The number of rotatable bonds is 4. The van der Waals surface area contributed by atoms with Gasteiger partial charge in [0.15, 0.2) is 0 Å². The van der Waals surface area contributed by atoms with Gasteiger partial charge in [-0.25, -0.2) is 9.37 Å². The first-order valence-corrected chi connectivity index (χ1v) is 9.28. The number of hydrogen-bond acceptors (Lipinski definition) is 4. The zero-order valence-electron chi connectivity index (χ0n) is 14.9. The fraction of sp³-hybridized carbons (Fsp3) is 0.143. The third-order valence-electron chi connectivity index (χ3n) is 4.47. The number of thiophene rings is 1. The number of nitrogens with zero attached hydrogens (tertiary/aromatic N) is 1. The lowest BCUT2D eigenvalue weighted by molar-refractivity contribution is 0.410. The Kier molecular flexibility index (Phi) is 4.49. The Morgan fingerprint density at radius 1 is 1.15 bits per heavy atom. The van der Waals surface area contributed by atoms with Crippen LogP contribution in [0.4, 0.5) is 4.39 Å². The molecule has 4 aromatic rings. The third-order valence-corrected chi connectivity index (χ3v) is 5.47. The van der Waals surface area contributed by atoms with Crippen LogP contribution in [0.3, 0.4) is 0 Å². The molecular weight excluding hydrogens is 363 g/mol. The van der Waals surface area contributed by atoms with Crippen LogP contribution in [0.15, 0.2) is 53.3 Å². The number of para-hydroxylation sites is 1. The normalized spacial score (nSPS) is 11.1. The number of methoxy groups -OCH3 is 1. The number of aromatic amines is 1. The minimum absolute atomic E-state index is 0.187. The molecule has 0 amide bonds. The molecule has 4 nitrogen and oxygen atoms in total. The zero-order chi connectivity index (χ0) is 19.0. The third kappa shape index (κ3) is 3.24. The SMILES string of the molecule is COc1ccccc1Cc1nc2sc(C)c(-c3ccc(F)cc3)c2c(=O)[nH]1. The van der Waals surface area contributed by atoms with Crippen molar-refractivity contribution in [3.05, 3.63) is 81.0 Å². The van der Waals surface area contributed by atoms with Gasteiger partial charge in [-0.2, -0.15) is 0 Å². The van der Waals surface area contributed by atoms with Crippen molar-refractivity contribution in [2.24, 2.45) is 0 Å². The number of benzene rings is 2. The van der Waals surface area contributed by atoms with Gasteiger partial charge >= 0.3 is 0 Å². The first-order valence-electron chi connectivity index (χ1n) is 8.47. The summed E-state index contributed by atoms with van der Waals surface area (Å²) in [6.07, 6.45) is 0.470. The smallest absolute Gasteiger partial charge is 0.260 e. The van der Waals surface area contributed by atoms with Crippen molar-refractivity contribution < 1.29 is 9.13 Å². The second-order valence-corrected chi connectivity index (χ2v) is 7.42. The Bertz CT molecular complexity index is 1180. The van der Waals surface area contributed by atoms with Gasteiger partial charge in [-0.1, -0.05) is 30.3 Å². The summed E-state index contributed by atoms with van der Waals surface area (Å²) in [5, 5.41) is 0.549. The van der Waals surface area contributed by atoms with E-state index in [0.29, 0.717) is 22.5 Å². The standard InChI is InChI=1S/C21H17FN2O2S/c1-12-18(13-7-9-15(22)10-8-13)19-20(25)23-17(24-21(19)27-12)11-14-5-3-4-6-16(14)26-2/h3-10H,11H2,1-2H3,(H,23,24,25). The van der Waals surface area contributed by atoms with E-state index in [1.54, 1.807) is 19.2 Å². The molecule has 0 aliphatic heterocycles. The van der Waals surface area contributed by atoms with Crippen LogP contribution in [0.25, 0.3) is 21.3 Å². The predicted molar refractivity (Wildman–Crippen MR) is 106 cm³/mol. The molecule has 2 aromatic heterocycles. The molecule has 0 radical (unpaired) electrons. The van der Waals surface area contributed by atoms with E-state index < -0.39 is 0 Å². The molecule has 0 aliphatic carbocycles. The summed E-state index contributed by atoms with van der Waals surface area (Å²) < 4.78 is 18.6. The average Bonchev–Trinajstić information content (AvgIpc) is 2.99. The van der Waals surface area contributed by atoms with E-state index in [1.165, 1.54) is 23.5 Å². The largest absolute Gasteiger partial charge is 0.496 e. The lowest BCUT2D eigenvalue weighted by Crippen LogP contribution is -2.12. The van der Waals surface area contributed by atoms with Gasteiger partial charge < -0.3 is 9.72 Å². The Labute approximate surface area is 159 Å². The van der Waals surface area contributed by atoms with Gasteiger partial charge in [0.1, 0.15) is 22.2 Å². The van der Waals surface area contributed by atoms with Crippen LogP contribution < -0.4 is 10.3 Å². The van der Waals surface area contributed by atoms with Gasteiger partial charge in [-0.05, 0) is 30.7 Å². The van der Waals surface area contributed by atoms with Crippen molar-refractivity contribution in [2.75, 3.05) is 7.11 Å². The highest BCUT2D eigenvalue weighted by atomic mass is 32.1. The second-order valence-electron chi connectivity index (χ2n) is 6.22. The van der Waals surface area contributed by atoms with Gasteiger partial charge in [0, 0.05) is 22.4 Å². The summed E-state index contributed by atoms with van der Waals surface area (Å²) in [5.74, 6) is 1.04. The van der Waals surface area contributed by atoms with Gasteiger partial charge in [0.05, 0.1) is 12.5 Å². The van der Waals surface area contributed by atoms with Crippen LogP contribution in [-0.2, 0) is 6.42 Å². The van der Waals surface area contributed by atoms with Crippen LogP contribution in [0.1, 0.15) is 16.3 Å². The van der Waals surface area contributed by atoms with E-state index in [4.69, 9.17) is 4.74 Å². The van der Waals surface area contributed by atoms with E-state index in [1.807, 2.05) is 31.2 Å². The molecule has 4 rings (SSSR count). The maximum Gasteiger partial charge on any atom is 0.260 e. The monoisotopic (exact) mass is 380 g/mol. The molecule has 0 aliphatic rings. The highest BCUT2D eigenvalue weighted by Gasteiger charge is 2.17. The molecule has 136 valence electrons. The molecule has 0 atom stereocenters. The quantitative estimate of drug-likeness (QED) is 0.558. The molecule has 0 spiro atoms. The van der Waals surface area contributed by atoms with E-state index in [0.717, 1.165) is 27.3 Å². The topological polar surface area (TPSA) is 55.0 Å². The molecule has 0 fully saturated rings. The highest BCUT2D eigenvalue weighted by molar-refractivity contribution is 7.19. The second kappa shape index (κ2) is 6.96. The number of hydrogen-bond donors (Lipinski definition) is 1. The zero-order valence-corrected chi connectivity index (χ0v) is 15.7. The summed E-state index contributed by atoms with van der Waals surface area (Å²) in [7, 11) is 1.62. The molecule has 0 saturated carbocycles. The molecular formula is C21H17FN2O2S. The molecule has 27 heavy (non-hydrogen) atoms. The van der Waals surface area contributed by atoms with Crippen LogP contribution in [0.5, 0.6) is 5.75 Å². The predicted octanol–water partition coefficient (Wildman–Crippen LogP) is 4.70. The Hall–Kier alpha value is -2.99. The summed E-state index contributed by atoms with van der Waals surface area (Å²) >= 11 is 1.47. The highest BCUT2D eigenvalue weighted by Crippen LogP contribution is 2.35. The fourth-order valence-corrected chi connectivity index (χ4v) is 4.31. The van der Waals surface area contributed by atoms with Crippen molar-refractivity contribution in [3.8, 4) is 16.9 Å². The molecule has 0 unspecified atom stereocenters. The van der Waals surface area contributed by atoms with Crippen LogP contribution in [0, 0.1) is 12.7 Å². The fourth-order valence-electron chi connectivity index (χ4n) is 3.24. The first-order chi connectivity index (χ1) is 13.1. The number of ether oxygens (including phenoxy) is 1. The summed E-state index contributed by atoms with van der Waals surface area (Å²) in [6, 6.07) is 13.8. The Morgan fingerprint density at radius 3 is 2.63 bits per heavy atom. The van der Waals surface area contributed by atoms with Crippen LogP contribution in [0.2, 0.25) is 0 Å². The van der Waals surface area contributed by atoms with Crippen LogP contribution in [-0.4, -0.2) is 17.1 Å². The number of aromatic nitrogens is 2. The number of fused-ring (bicyclic) bond motifs is 1. The number of nitrogens with one attached hydrogen (secondary N) is 1. The minimum Gasteiger partial charge on any atom is -0.496 e. The van der Waals surface area contributed by atoms with Gasteiger partial charge in [0.25, 0.3) is 5.56 Å². The minimum atomic E-state index is -0.304. The van der Waals surface area contributed by atoms with Gasteiger partial charge in [-0.15, -0.1) is 11.3 Å². The number of H-pyrrole nitrogens is 1.